The number of unbranched alkanes of at least 4 members (excludes halogenated alkanes) is 1. The molecule has 0 radical (unpaired) electrons. The second kappa shape index (κ2) is 8.71. The summed E-state index contributed by atoms with van der Waals surface area (Å²) in [6.45, 7) is 6.65. The monoisotopic (exact) mass is 297 g/mol. The Kier molecular flexibility index (Phi) is 7.54. The summed E-state index contributed by atoms with van der Waals surface area (Å²) < 4.78 is 1.25. The zero-order valence-corrected chi connectivity index (χ0v) is 12.6. The highest BCUT2D eigenvalue weighted by Gasteiger charge is 2.10. The van der Waals surface area contributed by atoms with Gasteiger partial charge in [0.05, 0.1) is 0 Å². The molecule has 0 aromatic heterocycles. The maximum absolute atomic E-state index is 3.64. The molecule has 1 aromatic carbocycles. The van der Waals surface area contributed by atoms with Crippen LogP contribution in [0.2, 0.25) is 0 Å². The lowest BCUT2D eigenvalue weighted by Crippen LogP contribution is -2.24. The molecule has 0 aliphatic carbocycles. The van der Waals surface area contributed by atoms with Gasteiger partial charge in [-0.05, 0) is 43.5 Å². The fourth-order valence-electron chi connectivity index (χ4n) is 2.09. The molecule has 17 heavy (non-hydrogen) atoms. The quantitative estimate of drug-likeness (QED) is 0.749. The van der Waals surface area contributed by atoms with Crippen LogP contribution in [0.3, 0.4) is 0 Å². The van der Waals surface area contributed by atoms with Crippen LogP contribution in [-0.2, 0) is 6.42 Å². The van der Waals surface area contributed by atoms with Crippen LogP contribution in [-0.4, -0.2) is 13.1 Å². The van der Waals surface area contributed by atoms with Gasteiger partial charge in [-0.1, -0.05) is 60.8 Å². The van der Waals surface area contributed by atoms with E-state index < -0.39 is 0 Å². The summed E-state index contributed by atoms with van der Waals surface area (Å²) in [6, 6.07) is 8.58. The topological polar surface area (TPSA) is 12.0 Å². The zero-order valence-electron chi connectivity index (χ0n) is 11.0. The van der Waals surface area contributed by atoms with Crippen molar-refractivity contribution in [2.45, 2.75) is 39.5 Å². The first-order valence-corrected chi connectivity index (χ1v) is 7.51. The maximum Gasteiger partial charge on any atom is 0.0207 e. The molecule has 1 N–H and O–H groups in total. The minimum atomic E-state index is 0.758. The van der Waals surface area contributed by atoms with Gasteiger partial charge in [-0.3, -0.25) is 0 Å². The number of hydrogen-bond acceptors (Lipinski definition) is 1. The first-order chi connectivity index (χ1) is 8.27. The molecule has 2 heteroatoms. The number of nitrogens with one attached hydrogen (secondary N) is 1. The van der Waals surface area contributed by atoms with Crippen LogP contribution in [0.5, 0.6) is 0 Å². The largest absolute Gasteiger partial charge is 0.317 e. The lowest BCUT2D eigenvalue weighted by Gasteiger charge is -2.17. The van der Waals surface area contributed by atoms with Gasteiger partial charge in [0.15, 0.2) is 0 Å². The van der Waals surface area contributed by atoms with E-state index in [0.717, 1.165) is 19.0 Å². The zero-order chi connectivity index (χ0) is 12.5. The highest BCUT2D eigenvalue weighted by atomic mass is 79.9. The Morgan fingerprint density at radius 2 is 2.00 bits per heavy atom. The molecule has 0 saturated heterocycles. The molecular formula is C15H24BrN. The summed E-state index contributed by atoms with van der Waals surface area (Å²) in [6.07, 6.45) is 5.12. The Morgan fingerprint density at radius 1 is 1.24 bits per heavy atom. The third-order valence-electron chi connectivity index (χ3n) is 3.12. The Balaban J connectivity index is 2.55. The lowest BCUT2D eigenvalue weighted by molar-refractivity contribution is 0.433. The van der Waals surface area contributed by atoms with E-state index in [9.17, 15) is 0 Å². The molecule has 0 aliphatic heterocycles. The van der Waals surface area contributed by atoms with Crippen molar-refractivity contribution in [3.8, 4) is 0 Å². The third kappa shape index (κ3) is 5.69. The molecule has 0 bridgehead atoms. The second-order valence-corrected chi connectivity index (χ2v) is 5.47. The van der Waals surface area contributed by atoms with Gasteiger partial charge in [0.1, 0.15) is 0 Å². The van der Waals surface area contributed by atoms with Crippen LogP contribution in [0, 0.1) is 5.92 Å². The molecule has 1 aromatic rings. The van der Waals surface area contributed by atoms with Gasteiger partial charge < -0.3 is 5.32 Å². The lowest BCUT2D eigenvalue weighted by atomic mass is 9.94. The summed E-state index contributed by atoms with van der Waals surface area (Å²) in [5.41, 5.74) is 1.44. The normalized spacial score (nSPS) is 12.6. The van der Waals surface area contributed by atoms with E-state index in [1.54, 1.807) is 0 Å². The van der Waals surface area contributed by atoms with E-state index in [1.807, 2.05) is 0 Å². The number of benzene rings is 1. The molecule has 0 heterocycles. The summed E-state index contributed by atoms with van der Waals surface area (Å²) in [7, 11) is 0. The van der Waals surface area contributed by atoms with Gasteiger partial charge in [-0.25, -0.2) is 0 Å². The number of halogens is 1. The molecule has 0 fully saturated rings. The molecule has 96 valence electrons. The van der Waals surface area contributed by atoms with Crippen LogP contribution in [0.15, 0.2) is 28.7 Å². The van der Waals surface area contributed by atoms with Crippen molar-refractivity contribution in [1.82, 2.24) is 5.32 Å². The average molecular weight is 298 g/mol. The Labute approximate surface area is 114 Å². The van der Waals surface area contributed by atoms with E-state index in [-0.39, 0.29) is 0 Å². The highest BCUT2D eigenvalue weighted by molar-refractivity contribution is 9.10. The SMILES string of the molecule is CCCCC(CNCC)Cc1ccccc1Br. The first kappa shape index (κ1) is 14.7. The van der Waals surface area contributed by atoms with Crippen molar-refractivity contribution >= 4 is 15.9 Å². The minimum Gasteiger partial charge on any atom is -0.317 e. The molecular weight excluding hydrogens is 274 g/mol. The van der Waals surface area contributed by atoms with E-state index >= 15 is 0 Å². The molecule has 1 atom stereocenters. The van der Waals surface area contributed by atoms with Crippen molar-refractivity contribution in [3.63, 3.8) is 0 Å². The van der Waals surface area contributed by atoms with E-state index in [0.29, 0.717) is 0 Å². The van der Waals surface area contributed by atoms with Crippen molar-refractivity contribution in [2.75, 3.05) is 13.1 Å². The van der Waals surface area contributed by atoms with Gasteiger partial charge in [0.2, 0.25) is 0 Å². The molecule has 1 unspecified atom stereocenters. The van der Waals surface area contributed by atoms with Crippen LogP contribution in [0.1, 0.15) is 38.7 Å². The highest BCUT2D eigenvalue weighted by Crippen LogP contribution is 2.21. The van der Waals surface area contributed by atoms with E-state index in [1.165, 1.54) is 35.7 Å². The number of rotatable bonds is 8. The van der Waals surface area contributed by atoms with Crippen molar-refractivity contribution < 1.29 is 0 Å². The van der Waals surface area contributed by atoms with Gasteiger partial charge in [0.25, 0.3) is 0 Å². The Bertz CT molecular complexity index is 304. The Hall–Kier alpha value is -0.340. The van der Waals surface area contributed by atoms with Crippen molar-refractivity contribution in [2.24, 2.45) is 5.92 Å². The van der Waals surface area contributed by atoms with E-state index in [4.69, 9.17) is 0 Å². The Morgan fingerprint density at radius 3 is 2.65 bits per heavy atom. The maximum atomic E-state index is 3.64. The summed E-state index contributed by atoms with van der Waals surface area (Å²) >= 11 is 3.64. The van der Waals surface area contributed by atoms with Crippen LogP contribution in [0.4, 0.5) is 0 Å². The minimum absolute atomic E-state index is 0.758. The molecule has 1 nitrogen and oxygen atoms in total. The van der Waals surface area contributed by atoms with Crippen LogP contribution < -0.4 is 5.32 Å². The van der Waals surface area contributed by atoms with Crippen molar-refractivity contribution in [1.29, 1.82) is 0 Å². The molecule has 0 aliphatic rings. The fourth-order valence-corrected chi connectivity index (χ4v) is 2.54. The van der Waals surface area contributed by atoms with Gasteiger partial charge in [-0.15, -0.1) is 0 Å². The molecule has 1 rings (SSSR count). The predicted octanol–water partition coefficient (Wildman–Crippen LogP) is 4.41. The smallest absolute Gasteiger partial charge is 0.0207 e. The number of hydrogen-bond donors (Lipinski definition) is 1. The van der Waals surface area contributed by atoms with Gasteiger partial charge in [0, 0.05) is 4.47 Å². The van der Waals surface area contributed by atoms with Gasteiger partial charge in [-0.2, -0.15) is 0 Å². The fraction of sp³-hybridized carbons (Fsp3) is 0.600. The van der Waals surface area contributed by atoms with E-state index in [2.05, 4.69) is 59.4 Å². The summed E-state index contributed by atoms with van der Waals surface area (Å²) in [4.78, 5) is 0. The molecule has 0 saturated carbocycles. The van der Waals surface area contributed by atoms with Crippen LogP contribution in [0.25, 0.3) is 0 Å². The average Bonchev–Trinajstić information content (AvgIpc) is 2.35. The summed E-state index contributed by atoms with van der Waals surface area (Å²) in [5, 5.41) is 3.48. The summed E-state index contributed by atoms with van der Waals surface area (Å²) in [5.74, 6) is 0.758. The van der Waals surface area contributed by atoms with Crippen LogP contribution >= 0.6 is 15.9 Å². The predicted molar refractivity (Wildman–Crippen MR) is 79.4 cm³/mol. The second-order valence-electron chi connectivity index (χ2n) is 4.61. The standard InChI is InChI=1S/C15H24BrN/c1-3-5-8-13(12-17-4-2)11-14-9-6-7-10-15(14)16/h6-7,9-10,13,17H,3-5,8,11-12H2,1-2H3. The van der Waals surface area contributed by atoms with Gasteiger partial charge >= 0.3 is 0 Å². The molecule has 0 spiro atoms. The first-order valence-electron chi connectivity index (χ1n) is 6.72. The molecule has 0 amide bonds. The van der Waals surface area contributed by atoms with Crippen molar-refractivity contribution in [3.05, 3.63) is 34.3 Å². The third-order valence-corrected chi connectivity index (χ3v) is 3.89.